The lowest BCUT2D eigenvalue weighted by atomic mass is 9.92. The van der Waals surface area contributed by atoms with E-state index in [1.807, 2.05) is 0 Å². The molecular weight excluding hydrogens is 204 g/mol. The average Bonchev–Trinajstić information content (AvgIpc) is 3.09. The van der Waals surface area contributed by atoms with Crippen molar-refractivity contribution in [2.75, 3.05) is 0 Å². The average molecular weight is 224 g/mol. The zero-order valence-corrected chi connectivity index (χ0v) is 10.3. The van der Waals surface area contributed by atoms with E-state index in [4.69, 9.17) is 0 Å². The van der Waals surface area contributed by atoms with Gasteiger partial charge < -0.3 is 0 Å². The van der Waals surface area contributed by atoms with Crippen LogP contribution in [-0.2, 0) is 0 Å². The Morgan fingerprint density at radius 3 is 1.59 bits per heavy atom. The van der Waals surface area contributed by atoms with Crippen molar-refractivity contribution in [1.82, 2.24) is 0 Å². The molecule has 0 aliphatic heterocycles. The van der Waals surface area contributed by atoms with Crippen molar-refractivity contribution in [2.45, 2.75) is 25.7 Å². The van der Waals surface area contributed by atoms with Crippen molar-refractivity contribution in [3.63, 3.8) is 0 Å². The SMILES string of the molecule is C(=CC1CC2C=CC1C2)=CC1CC2C=CC1C2. The van der Waals surface area contributed by atoms with Gasteiger partial charge in [0.1, 0.15) is 0 Å². The molecule has 0 nitrogen and oxygen atoms in total. The molecule has 0 heterocycles. The minimum Gasteiger partial charge on any atom is -0.129 e. The highest BCUT2D eigenvalue weighted by Crippen LogP contribution is 2.45. The third-order valence-corrected chi connectivity index (χ3v) is 5.28. The summed E-state index contributed by atoms with van der Waals surface area (Å²) in [6.45, 7) is 0. The maximum atomic E-state index is 3.52. The van der Waals surface area contributed by atoms with E-state index in [-0.39, 0.29) is 0 Å². The molecule has 4 rings (SSSR count). The fourth-order valence-corrected chi connectivity index (χ4v) is 4.33. The highest BCUT2D eigenvalue weighted by molar-refractivity contribution is 5.16. The molecule has 6 unspecified atom stereocenters. The summed E-state index contributed by atoms with van der Waals surface area (Å²) >= 11 is 0. The Hall–Kier alpha value is -1.00. The lowest BCUT2D eigenvalue weighted by Crippen LogP contribution is -2.03. The summed E-state index contributed by atoms with van der Waals surface area (Å²) in [4.78, 5) is 0. The Morgan fingerprint density at radius 1 is 0.706 bits per heavy atom. The van der Waals surface area contributed by atoms with Gasteiger partial charge in [0.15, 0.2) is 0 Å². The van der Waals surface area contributed by atoms with Crippen LogP contribution in [0.4, 0.5) is 0 Å². The highest BCUT2D eigenvalue weighted by Gasteiger charge is 2.35. The number of allylic oxidation sites excluding steroid dienone is 5. The van der Waals surface area contributed by atoms with Crippen LogP contribution < -0.4 is 0 Å². The number of rotatable bonds is 2. The van der Waals surface area contributed by atoms with E-state index < -0.39 is 0 Å². The topological polar surface area (TPSA) is 0 Å². The Morgan fingerprint density at radius 2 is 1.24 bits per heavy atom. The Bertz CT molecular complexity index is 395. The third kappa shape index (κ3) is 1.67. The summed E-state index contributed by atoms with van der Waals surface area (Å²) in [5.74, 6) is 5.01. The molecule has 0 aromatic rings. The third-order valence-electron chi connectivity index (χ3n) is 5.28. The van der Waals surface area contributed by atoms with Gasteiger partial charge in [-0.1, -0.05) is 24.3 Å². The lowest BCUT2D eigenvalue weighted by Gasteiger charge is -2.13. The first kappa shape index (κ1) is 9.97. The minimum atomic E-state index is 0.787. The fourth-order valence-electron chi connectivity index (χ4n) is 4.33. The smallest absolute Gasteiger partial charge is 0.00888 e. The zero-order valence-electron chi connectivity index (χ0n) is 10.3. The van der Waals surface area contributed by atoms with Crippen LogP contribution in [0.3, 0.4) is 0 Å². The summed E-state index contributed by atoms with van der Waals surface area (Å²) in [6, 6.07) is 0. The van der Waals surface area contributed by atoms with Crippen molar-refractivity contribution in [3.8, 4) is 0 Å². The molecule has 4 aliphatic carbocycles. The van der Waals surface area contributed by atoms with Crippen LogP contribution in [0.15, 0.2) is 42.2 Å². The summed E-state index contributed by atoms with van der Waals surface area (Å²) in [7, 11) is 0. The molecule has 0 radical (unpaired) electrons. The molecule has 6 atom stereocenters. The number of fused-ring (bicyclic) bond motifs is 4. The van der Waals surface area contributed by atoms with Crippen LogP contribution in [0.25, 0.3) is 0 Å². The second-order valence-corrected chi connectivity index (χ2v) is 6.39. The summed E-state index contributed by atoms with van der Waals surface area (Å²) < 4.78 is 0. The molecule has 0 N–H and O–H groups in total. The van der Waals surface area contributed by atoms with Gasteiger partial charge in [-0.15, -0.1) is 5.73 Å². The molecule has 4 bridgehead atoms. The molecule has 17 heavy (non-hydrogen) atoms. The van der Waals surface area contributed by atoms with Gasteiger partial charge >= 0.3 is 0 Å². The minimum absolute atomic E-state index is 0.787. The predicted octanol–water partition coefficient (Wildman–Crippen LogP) is 4.12. The van der Waals surface area contributed by atoms with Gasteiger partial charge in [0, 0.05) is 0 Å². The monoisotopic (exact) mass is 224 g/mol. The van der Waals surface area contributed by atoms with E-state index in [0.717, 1.165) is 35.5 Å². The van der Waals surface area contributed by atoms with Crippen molar-refractivity contribution in [1.29, 1.82) is 0 Å². The van der Waals surface area contributed by atoms with Crippen LogP contribution in [0.5, 0.6) is 0 Å². The molecule has 0 aromatic carbocycles. The fraction of sp³-hybridized carbons (Fsp3) is 0.588. The first-order chi connectivity index (χ1) is 8.38. The molecular formula is C17H20. The number of hydrogen-bond donors (Lipinski definition) is 0. The van der Waals surface area contributed by atoms with Crippen molar-refractivity contribution in [2.24, 2.45) is 35.5 Å². The van der Waals surface area contributed by atoms with E-state index >= 15 is 0 Å². The van der Waals surface area contributed by atoms with Gasteiger partial charge in [-0.3, -0.25) is 0 Å². The Kier molecular flexibility index (Phi) is 2.20. The molecule has 88 valence electrons. The number of hydrogen-bond acceptors (Lipinski definition) is 0. The van der Waals surface area contributed by atoms with Crippen LogP contribution in [0, 0.1) is 35.5 Å². The lowest BCUT2D eigenvalue weighted by molar-refractivity contribution is 0.542. The maximum Gasteiger partial charge on any atom is -0.00888 e. The molecule has 0 spiro atoms. The van der Waals surface area contributed by atoms with Crippen LogP contribution in [0.2, 0.25) is 0 Å². The van der Waals surface area contributed by atoms with Gasteiger partial charge in [-0.2, -0.15) is 0 Å². The second-order valence-electron chi connectivity index (χ2n) is 6.39. The van der Waals surface area contributed by atoms with E-state index in [9.17, 15) is 0 Å². The van der Waals surface area contributed by atoms with Crippen molar-refractivity contribution in [3.05, 3.63) is 42.2 Å². The molecule has 2 saturated carbocycles. The van der Waals surface area contributed by atoms with Crippen LogP contribution in [0.1, 0.15) is 25.7 Å². The second kappa shape index (κ2) is 3.75. The molecule has 4 aliphatic rings. The maximum absolute atomic E-state index is 3.52. The van der Waals surface area contributed by atoms with Gasteiger partial charge in [0.2, 0.25) is 0 Å². The van der Waals surface area contributed by atoms with Crippen LogP contribution in [-0.4, -0.2) is 0 Å². The largest absolute Gasteiger partial charge is 0.129 e. The quantitative estimate of drug-likeness (QED) is 0.489. The van der Waals surface area contributed by atoms with E-state index in [1.165, 1.54) is 25.7 Å². The zero-order chi connectivity index (χ0) is 11.2. The normalized spacial score (nSPS) is 48.7. The van der Waals surface area contributed by atoms with Gasteiger partial charge in [-0.05, 0) is 73.3 Å². The Labute approximate surface area is 104 Å². The molecule has 0 amide bonds. The van der Waals surface area contributed by atoms with E-state index in [1.54, 1.807) is 0 Å². The molecule has 0 heteroatoms. The summed E-state index contributed by atoms with van der Waals surface area (Å²) in [6.07, 6.45) is 20.0. The Balaban J connectivity index is 1.44. The van der Waals surface area contributed by atoms with Gasteiger partial charge in [0.25, 0.3) is 0 Å². The predicted molar refractivity (Wildman–Crippen MR) is 70.3 cm³/mol. The first-order valence-corrected chi connectivity index (χ1v) is 7.18. The summed E-state index contributed by atoms with van der Waals surface area (Å²) in [5.41, 5.74) is 3.52. The van der Waals surface area contributed by atoms with E-state index in [2.05, 4.69) is 42.2 Å². The van der Waals surface area contributed by atoms with Gasteiger partial charge in [0.05, 0.1) is 0 Å². The van der Waals surface area contributed by atoms with Gasteiger partial charge in [-0.25, -0.2) is 0 Å². The summed E-state index contributed by atoms with van der Waals surface area (Å²) in [5, 5.41) is 0. The first-order valence-electron chi connectivity index (χ1n) is 7.18. The highest BCUT2D eigenvalue weighted by atomic mass is 14.4. The standard InChI is InChI=1S/C17H20/c1(2-14-8-12-4-6-16(14)10-12)3-15-9-13-5-7-17(15)11-13/h2-7,12-17H,8-11H2. The van der Waals surface area contributed by atoms with E-state index in [0.29, 0.717) is 0 Å². The molecule has 0 saturated heterocycles. The van der Waals surface area contributed by atoms with Crippen LogP contribution >= 0.6 is 0 Å². The van der Waals surface area contributed by atoms with Crippen molar-refractivity contribution < 1.29 is 0 Å². The molecule has 0 aromatic heterocycles. The van der Waals surface area contributed by atoms with Crippen molar-refractivity contribution >= 4 is 0 Å². The molecule has 2 fully saturated rings.